The van der Waals surface area contributed by atoms with Crippen LogP contribution < -0.4 is 11.1 Å². The van der Waals surface area contributed by atoms with E-state index >= 15 is 0 Å². The van der Waals surface area contributed by atoms with Gasteiger partial charge in [0.25, 0.3) is 0 Å². The minimum atomic E-state index is -0.217. The van der Waals surface area contributed by atoms with E-state index in [9.17, 15) is 4.79 Å². The zero-order chi connectivity index (χ0) is 11.4. The SMILES string of the molecule is NC(=O)N1CCCCC[C@H]1C1CCNCC1. The largest absolute Gasteiger partial charge is 0.351 e. The molecule has 2 heterocycles. The van der Waals surface area contributed by atoms with Gasteiger partial charge in [0.05, 0.1) is 0 Å². The monoisotopic (exact) mass is 225 g/mol. The van der Waals surface area contributed by atoms with Crippen LogP contribution in [0.4, 0.5) is 4.79 Å². The summed E-state index contributed by atoms with van der Waals surface area (Å²) < 4.78 is 0. The third-order valence-corrected chi connectivity index (χ3v) is 4.01. The van der Waals surface area contributed by atoms with Crippen molar-refractivity contribution >= 4 is 6.03 Å². The molecule has 2 amide bonds. The van der Waals surface area contributed by atoms with E-state index in [1.807, 2.05) is 4.90 Å². The number of carbonyl (C=O) groups is 1. The number of carbonyl (C=O) groups excluding carboxylic acids is 1. The molecule has 2 saturated heterocycles. The molecular formula is C12H23N3O. The molecule has 16 heavy (non-hydrogen) atoms. The van der Waals surface area contributed by atoms with E-state index in [1.165, 1.54) is 25.7 Å². The van der Waals surface area contributed by atoms with Gasteiger partial charge in [0, 0.05) is 12.6 Å². The molecule has 0 unspecified atom stereocenters. The third-order valence-electron chi connectivity index (χ3n) is 4.01. The van der Waals surface area contributed by atoms with Crippen LogP contribution in [0.3, 0.4) is 0 Å². The Kier molecular flexibility index (Phi) is 4.04. The molecule has 0 aromatic heterocycles. The smallest absolute Gasteiger partial charge is 0.315 e. The second-order valence-corrected chi connectivity index (χ2v) is 5.04. The van der Waals surface area contributed by atoms with Gasteiger partial charge in [-0.2, -0.15) is 0 Å². The van der Waals surface area contributed by atoms with E-state index in [1.54, 1.807) is 0 Å². The predicted octanol–water partition coefficient (Wildman–Crippen LogP) is 1.31. The van der Waals surface area contributed by atoms with Gasteiger partial charge in [-0.3, -0.25) is 0 Å². The second kappa shape index (κ2) is 5.53. The summed E-state index contributed by atoms with van der Waals surface area (Å²) in [4.78, 5) is 13.4. The lowest BCUT2D eigenvalue weighted by Gasteiger charge is -2.37. The lowest BCUT2D eigenvalue weighted by atomic mass is 9.87. The summed E-state index contributed by atoms with van der Waals surface area (Å²) in [6.45, 7) is 3.05. The summed E-state index contributed by atoms with van der Waals surface area (Å²) in [5, 5.41) is 3.38. The number of amides is 2. The lowest BCUT2D eigenvalue weighted by molar-refractivity contribution is 0.140. The number of likely N-dealkylation sites (tertiary alicyclic amines) is 1. The standard InChI is InChI=1S/C12H23N3O/c13-12(16)15-9-3-1-2-4-11(15)10-5-7-14-8-6-10/h10-11,14H,1-9H2,(H2,13,16)/t11-/m0/s1. The Balaban J connectivity index is 2.03. The second-order valence-electron chi connectivity index (χ2n) is 5.04. The highest BCUT2D eigenvalue weighted by Crippen LogP contribution is 2.27. The number of hydrogen-bond acceptors (Lipinski definition) is 2. The Bertz CT molecular complexity index is 238. The molecule has 2 aliphatic heterocycles. The van der Waals surface area contributed by atoms with Crippen molar-refractivity contribution in [1.29, 1.82) is 0 Å². The van der Waals surface area contributed by atoms with Crippen LogP contribution in [0.1, 0.15) is 38.5 Å². The van der Waals surface area contributed by atoms with Gasteiger partial charge >= 0.3 is 6.03 Å². The maximum absolute atomic E-state index is 11.5. The highest BCUT2D eigenvalue weighted by Gasteiger charge is 2.31. The van der Waals surface area contributed by atoms with Gasteiger partial charge in [-0.25, -0.2) is 4.79 Å². The predicted molar refractivity (Wildman–Crippen MR) is 64.1 cm³/mol. The van der Waals surface area contributed by atoms with Crippen molar-refractivity contribution in [2.45, 2.75) is 44.6 Å². The van der Waals surface area contributed by atoms with Crippen LogP contribution in [0.5, 0.6) is 0 Å². The molecule has 0 bridgehead atoms. The molecule has 4 nitrogen and oxygen atoms in total. The van der Waals surface area contributed by atoms with Gasteiger partial charge in [-0.05, 0) is 44.7 Å². The van der Waals surface area contributed by atoms with E-state index in [-0.39, 0.29) is 6.03 Å². The van der Waals surface area contributed by atoms with Crippen LogP contribution in [0.2, 0.25) is 0 Å². The van der Waals surface area contributed by atoms with Crippen LogP contribution in [-0.4, -0.2) is 36.6 Å². The molecule has 0 radical (unpaired) electrons. The van der Waals surface area contributed by atoms with Crippen LogP contribution >= 0.6 is 0 Å². The summed E-state index contributed by atoms with van der Waals surface area (Å²) in [6, 6.07) is 0.188. The Hall–Kier alpha value is -0.770. The van der Waals surface area contributed by atoms with E-state index in [0.29, 0.717) is 12.0 Å². The molecule has 0 saturated carbocycles. The highest BCUT2D eigenvalue weighted by atomic mass is 16.2. The van der Waals surface area contributed by atoms with Crippen molar-refractivity contribution < 1.29 is 4.79 Å². The number of nitrogens with two attached hydrogens (primary N) is 1. The van der Waals surface area contributed by atoms with Gasteiger partial charge in [-0.15, -0.1) is 0 Å². The number of rotatable bonds is 1. The Morgan fingerprint density at radius 2 is 1.88 bits per heavy atom. The molecule has 2 rings (SSSR count). The molecule has 1 atom stereocenters. The zero-order valence-corrected chi connectivity index (χ0v) is 9.95. The molecule has 0 aromatic rings. The Morgan fingerprint density at radius 3 is 2.56 bits per heavy atom. The number of hydrogen-bond donors (Lipinski definition) is 2. The van der Waals surface area contributed by atoms with E-state index in [2.05, 4.69) is 5.32 Å². The van der Waals surface area contributed by atoms with Crippen LogP contribution in [0.25, 0.3) is 0 Å². The molecule has 2 fully saturated rings. The van der Waals surface area contributed by atoms with Crippen molar-refractivity contribution in [1.82, 2.24) is 10.2 Å². The van der Waals surface area contributed by atoms with Gasteiger partial charge in [0.15, 0.2) is 0 Å². The van der Waals surface area contributed by atoms with Crippen LogP contribution in [-0.2, 0) is 0 Å². The normalized spacial score (nSPS) is 28.8. The first kappa shape index (κ1) is 11.7. The molecular weight excluding hydrogens is 202 g/mol. The van der Waals surface area contributed by atoms with Crippen LogP contribution in [0.15, 0.2) is 0 Å². The van der Waals surface area contributed by atoms with Gasteiger partial charge in [0.2, 0.25) is 0 Å². The fraction of sp³-hybridized carbons (Fsp3) is 0.917. The fourth-order valence-electron chi connectivity index (χ4n) is 3.13. The van der Waals surface area contributed by atoms with Gasteiger partial charge in [-0.1, -0.05) is 12.8 Å². The first-order valence-corrected chi connectivity index (χ1v) is 6.56. The first-order valence-electron chi connectivity index (χ1n) is 6.56. The summed E-state index contributed by atoms with van der Waals surface area (Å²) in [5.41, 5.74) is 5.51. The van der Waals surface area contributed by atoms with Crippen molar-refractivity contribution in [2.24, 2.45) is 11.7 Å². The molecule has 3 N–H and O–H groups in total. The summed E-state index contributed by atoms with van der Waals surface area (Å²) >= 11 is 0. The summed E-state index contributed by atoms with van der Waals surface area (Å²) in [7, 11) is 0. The summed E-state index contributed by atoms with van der Waals surface area (Å²) in [5.74, 6) is 0.659. The topological polar surface area (TPSA) is 58.4 Å². The Labute approximate surface area is 97.6 Å². The molecule has 2 aliphatic rings. The lowest BCUT2D eigenvalue weighted by Crippen LogP contribution is -2.49. The number of primary amides is 1. The van der Waals surface area contributed by atoms with Crippen molar-refractivity contribution in [2.75, 3.05) is 19.6 Å². The number of urea groups is 1. The van der Waals surface area contributed by atoms with Gasteiger partial charge in [0.1, 0.15) is 0 Å². The average molecular weight is 225 g/mol. The van der Waals surface area contributed by atoms with Gasteiger partial charge < -0.3 is 16.0 Å². The first-order chi connectivity index (χ1) is 7.79. The molecule has 0 aromatic carbocycles. The van der Waals surface area contributed by atoms with Crippen molar-refractivity contribution in [3.63, 3.8) is 0 Å². The highest BCUT2D eigenvalue weighted by molar-refractivity contribution is 5.72. The third kappa shape index (κ3) is 2.67. The minimum Gasteiger partial charge on any atom is -0.351 e. The fourth-order valence-corrected chi connectivity index (χ4v) is 3.13. The Morgan fingerprint density at radius 1 is 1.12 bits per heavy atom. The number of nitrogens with zero attached hydrogens (tertiary/aromatic N) is 1. The maximum atomic E-state index is 11.5. The van der Waals surface area contributed by atoms with E-state index in [4.69, 9.17) is 5.73 Å². The van der Waals surface area contributed by atoms with E-state index < -0.39 is 0 Å². The average Bonchev–Trinajstić information content (AvgIpc) is 2.55. The number of piperidine rings is 1. The van der Waals surface area contributed by atoms with Crippen molar-refractivity contribution in [3.05, 3.63) is 0 Å². The summed E-state index contributed by atoms with van der Waals surface area (Å²) in [6.07, 6.45) is 7.13. The van der Waals surface area contributed by atoms with Crippen molar-refractivity contribution in [3.8, 4) is 0 Å². The quantitative estimate of drug-likeness (QED) is 0.707. The molecule has 92 valence electrons. The number of nitrogens with one attached hydrogen (secondary N) is 1. The molecule has 4 heteroatoms. The minimum absolute atomic E-state index is 0.217. The zero-order valence-electron chi connectivity index (χ0n) is 9.95. The van der Waals surface area contributed by atoms with Crippen LogP contribution in [0, 0.1) is 5.92 Å². The molecule has 0 aliphatic carbocycles. The maximum Gasteiger partial charge on any atom is 0.315 e. The molecule has 0 spiro atoms. The van der Waals surface area contributed by atoms with E-state index in [0.717, 1.165) is 32.5 Å².